The molecule has 2 aromatic rings. The molecule has 0 aliphatic carbocycles. The molecule has 0 aromatic heterocycles. The lowest BCUT2D eigenvalue weighted by Gasteiger charge is -2.16. The minimum Gasteiger partial charge on any atom is -0.493 e. The number of amides is 1. The predicted molar refractivity (Wildman–Crippen MR) is 184 cm³/mol. The van der Waals surface area contributed by atoms with Gasteiger partial charge in [-0.05, 0) is 48.9 Å². The maximum absolute atomic E-state index is 13.0. The van der Waals surface area contributed by atoms with Crippen molar-refractivity contribution in [2.24, 2.45) is 0 Å². The summed E-state index contributed by atoms with van der Waals surface area (Å²) in [5.41, 5.74) is 3.23. The van der Waals surface area contributed by atoms with Crippen LogP contribution in [0.4, 0.5) is 5.69 Å². The molecule has 0 spiro atoms. The summed E-state index contributed by atoms with van der Waals surface area (Å²) in [6, 6.07) is 13.5. The number of carbonyl (C=O) groups is 2. The standard InChI is InChI=1S/C35H50N2O3S.BrH/c1-4-5-6-7-8-9-10-11-12-13-14-15-22-40-35-31(19-17-21-33(35)29(3)38)24-34(39)36-32-20-16-18-30(23-32)26-37-25-28(2)41-27-37;/h16-21,23,25H,4-15,22,24,26-27H2,1-3H3,(H,36,39);1H. The normalized spacial score (nSPS) is 12.5. The third-order valence-corrected chi connectivity index (χ3v) is 8.51. The molecule has 3 rings (SSSR count). The Morgan fingerprint density at radius 1 is 0.905 bits per heavy atom. The number of thioether (sulfide) groups is 1. The second-order valence-electron chi connectivity index (χ2n) is 11.3. The SMILES string of the molecule is Br.CCCCCCCCCCCCCCOc1c(CC(=O)Nc2cccc(CN3C=C(C)SC3)c2)cccc1C(C)=O. The van der Waals surface area contributed by atoms with Crippen molar-refractivity contribution >= 4 is 46.1 Å². The minimum atomic E-state index is -0.120. The first-order valence-electron chi connectivity index (χ1n) is 15.7. The van der Waals surface area contributed by atoms with Crippen LogP contribution in [0.15, 0.2) is 53.6 Å². The van der Waals surface area contributed by atoms with E-state index in [1.165, 1.54) is 69.1 Å². The maximum atomic E-state index is 13.0. The number of hydrogen-bond donors (Lipinski definition) is 1. The molecule has 1 aliphatic rings. The number of hydrogen-bond acceptors (Lipinski definition) is 5. The molecule has 1 N–H and O–H groups in total. The summed E-state index contributed by atoms with van der Waals surface area (Å²) in [5, 5.41) is 3.04. The number of anilines is 1. The third kappa shape index (κ3) is 13.4. The van der Waals surface area contributed by atoms with Crippen LogP contribution in [0, 0.1) is 0 Å². The number of halogens is 1. The van der Waals surface area contributed by atoms with E-state index in [4.69, 9.17) is 4.74 Å². The number of rotatable bonds is 20. The zero-order valence-corrected chi connectivity index (χ0v) is 28.5. The van der Waals surface area contributed by atoms with Crippen LogP contribution in [0.3, 0.4) is 0 Å². The second-order valence-corrected chi connectivity index (χ2v) is 12.5. The molecule has 0 unspecified atom stereocenters. The fourth-order valence-corrected chi connectivity index (χ4v) is 6.02. The minimum absolute atomic E-state index is 0. The lowest BCUT2D eigenvalue weighted by atomic mass is 10.0. The molecular weight excluding hydrogens is 608 g/mol. The molecule has 42 heavy (non-hydrogen) atoms. The molecule has 1 heterocycles. The van der Waals surface area contributed by atoms with Crippen LogP contribution in [0.1, 0.15) is 119 Å². The summed E-state index contributed by atoms with van der Waals surface area (Å²) in [7, 11) is 0. The molecule has 232 valence electrons. The van der Waals surface area contributed by atoms with Gasteiger partial charge >= 0.3 is 0 Å². The Bertz CT molecular complexity index is 1140. The molecule has 0 atom stereocenters. The molecule has 0 fully saturated rings. The smallest absolute Gasteiger partial charge is 0.228 e. The van der Waals surface area contributed by atoms with Crippen LogP contribution >= 0.6 is 28.7 Å². The number of ketones is 1. The average molecular weight is 660 g/mol. The average Bonchev–Trinajstić information content (AvgIpc) is 3.36. The van der Waals surface area contributed by atoms with E-state index in [1.54, 1.807) is 13.0 Å². The van der Waals surface area contributed by atoms with Gasteiger partial charge in [-0.25, -0.2) is 0 Å². The number of ether oxygens (including phenoxy) is 1. The highest BCUT2D eigenvalue weighted by Crippen LogP contribution is 2.28. The number of allylic oxidation sites excluding steroid dienone is 1. The van der Waals surface area contributed by atoms with E-state index in [0.717, 1.165) is 42.1 Å². The first kappa shape index (κ1) is 35.9. The lowest BCUT2D eigenvalue weighted by molar-refractivity contribution is -0.115. The molecule has 0 saturated heterocycles. The van der Waals surface area contributed by atoms with Crippen LogP contribution in [-0.4, -0.2) is 29.1 Å². The van der Waals surface area contributed by atoms with Crippen molar-refractivity contribution in [3.63, 3.8) is 0 Å². The number of nitrogens with zero attached hydrogens (tertiary/aromatic N) is 1. The van der Waals surface area contributed by atoms with Crippen molar-refractivity contribution in [2.45, 2.75) is 111 Å². The Morgan fingerprint density at radius 3 is 2.17 bits per heavy atom. The Balaban J connectivity index is 0.00000616. The van der Waals surface area contributed by atoms with Crippen LogP contribution in [-0.2, 0) is 17.8 Å². The van der Waals surface area contributed by atoms with Gasteiger partial charge < -0.3 is 15.0 Å². The first-order valence-corrected chi connectivity index (χ1v) is 16.6. The second kappa shape index (κ2) is 20.6. The first-order chi connectivity index (χ1) is 20.0. The van der Waals surface area contributed by atoms with E-state index >= 15 is 0 Å². The van der Waals surface area contributed by atoms with E-state index in [1.807, 2.05) is 42.1 Å². The van der Waals surface area contributed by atoms with Gasteiger partial charge in [0.15, 0.2) is 5.78 Å². The van der Waals surface area contributed by atoms with Crippen molar-refractivity contribution in [3.8, 4) is 5.75 Å². The quantitative estimate of drug-likeness (QED) is 0.113. The van der Waals surface area contributed by atoms with E-state index in [0.29, 0.717) is 17.9 Å². The fourth-order valence-electron chi connectivity index (χ4n) is 5.26. The van der Waals surface area contributed by atoms with Gasteiger partial charge in [0, 0.05) is 24.0 Å². The Labute approximate surface area is 269 Å². The lowest BCUT2D eigenvalue weighted by Crippen LogP contribution is -2.17. The number of Topliss-reactive ketones (excluding diaryl/α,β-unsaturated/α-hetero) is 1. The summed E-state index contributed by atoms with van der Waals surface area (Å²) < 4.78 is 6.16. The zero-order chi connectivity index (χ0) is 29.3. The third-order valence-electron chi connectivity index (χ3n) is 7.49. The van der Waals surface area contributed by atoms with Crippen LogP contribution < -0.4 is 10.1 Å². The zero-order valence-electron chi connectivity index (χ0n) is 25.9. The van der Waals surface area contributed by atoms with Gasteiger partial charge in [-0.1, -0.05) is 102 Å². The van der Waals surface area contributed by atoms with Crippen LogP contribution in [0.2, 0.25) is 0 Å². The summed E-state index contributed by atoms with van der Waals surface area (Å²) >= 11 is 1.84. The van der Waals surface area contributed by atoms with Crippen molar-refractivity contribution in [3.05, 3.63) is 70.3 Å². The van der Waals surface area contributed by atoms with E-state index in [2.05, 4.69) is 36.3 Å². The topological polar surface area (TPSA) is 58.6 Å². The molecule has 0 saturated carbocycles. The van der Waals surface area contributed by atoms with Gasteiger partial charge in [-0.15, -0.1) is 28.7 Å². The van der Waals surface area contributed by atoms with Gasteiger partial charge in [0.2, 0.25) is 5.91 Å². The maximum Gasteiger partial charge on any atom is 0.228 e. The molecule has 0 bridgehead atoms. The van der Waals surface area contributed by atoms with Gasteiger partial charge in [-0.3, -0.25) is 9.59 Å². The Kier molecular flexibility index (Phi) is 17.6. The predicted octanol–water partition coefficient (Wildman–Crippen LogP) is 10.1. The van der Waals surface area contributed by atoms with Gasteiger partial charge in [0.25, 0.3) is 0 Å². The van der Waals surface area contributed by atoms with Crippen molar-refractivity contribution < 1.29 is 14.3 Å². The highest BCUT2D eigenvalue weighted by molar-refractivity contribution is 8.93. The van der Waals surface area contributed by atoms with Crippen molar-refractivity contribution in [2.75, 3.05) is 17.8 Å². The highest BCUT2D eigenvalue weighted by Gasteiger charge is 2.17. The largest absolute Gasteiger partial charge is 0.493 e. The fraction of sp³-hybridized carbons (Fsp3) is 0.543. The number of carbonyl (C=O) groups excluding carboxylic acids is 2. The van der Waals surface area contributed by atoms with E-state index < -0.39 is 0 Å². The van der Waals surface area contributed by atoms with Crippen molar-refractivity contribution in [1.29, 1.82) is 0 Å². The van der Waals surface area contributed by atoms with Crippen LogP contribution in [0.25, 0.3) is 0 Å². The highest BCUT2D eigenvalue weighted by atomic mass is 79.9. The molecule has 1 amide bonds. The van der Waals surface area contributed by atoms with E-state index in [9.17, 15) is 9.59 Å². The Hall–Kier alpha value is -2.25. The number of para-hydroxylation sites is 1. The summed E-state index contributed by atoms with van der Waals surface area (Å²) in [5.74, 6) is 1.34. The summed E-state index contributed by atoms with van der Waals surface area (Å²) in [6.45, 7) is 7.31. The molecule has 5 nitrogen and oxygen atoms in total. The number of benzene rings is 2. The van der Waals surface area contributed by atoms with Gasteiger partial charge in [-0.2, -0.15) is 0 Å². The van der Waals surface area contributed by atoms with Gasteiger partial charge in [0.05, 0.1) is 24.5 Å². The number of nitrogens with one attached hydrogen (secondary N) is 1. The molecule has 0 radical (unpaired) electrons. The monoisotopic (exact) mass is 658 g/mol. The molecular formula is C35H51BrN2O3S. The Morgan fingerprint density at radius 2 is 1.55 bits per heavy atom. The molecule has 2 aromatic carbocycles. The number of unbranched alkanes of at least 4 members (excludes halogenated alkanes) is 11. The van der Waals surface area contributed by atoms with Crippen molar-refractivity contribution in [1.82, 2.24) is 4.90 Å². The molecule has 7 heteroatoms. The molecule has 1 aliphatic heterocycles. The summed E-state index contributed by atoms with van der Waals surface area (Å²) in [6.07, 6.45) is 17.8. The van der Waals surface area contributed by atoms with E-state index in [-0.39, 0.29) is 35.1 Å². The van der Waals surface area contributed by atoms with Crippen LogP contribution in [0.5, 0.6) is 5.75 Å². The van der Waals surface area contributed by atoms with Gasteiger partial charge in [0.1, 0.15) is 5.75 Å². The summed E-state index contributed by atoms with van der Waals surface area (Å²) in [4.78, 5) is 29.0.